The number of nitrogen functional groups attached to an aromatic ring is 1. The predicted molar refractivity (Wildman–Crippen MR) is 98.5 cm³/mol. The number of nitrogens with two attached hydrogens (primary N) is 1. The van der Waals surface area contributed by atoms with Crippen LogP contribution in [-0.4, -0.2) is 32.4 Å². The third-order valence-electron chi connectivity index (χ3n) is 3.84. The van der Waals surface area contributed by atoms with Crippen molar-refractivity contribution in [2.75, 3.05) is 18.8 Å². The highest BCUT2D eigenvalue weighted by Crippen LogP contribution is 2.26. The molecule has 0 aliphatic rings. The number of fused-ring (bicyclic) bond motifs is 1. The molecule has 0 aliphatic carbocycles. The fourth-order valence-corrected chi connectivity index (χ4v) is 2.78. The van der Waals surface area contributed by atoms with Crippen molar-refractivity contribution in [1.82, 2.24) is 19.3 Å². The van der Waals surface area contributed by atoms with Gasteiger partial charge in [-0.3, -0.25) is 9.88 Å². The number of hydrogen-bond acceptors (Lipinski definition) is 4. The van der Waals surface area contributed by atoms with E-state index in [1.165, 1.54) is 0 Å². The Balaban J connectivity index is 2.13. The van der Waals surface area contributed by atoms with Gasteiger partial charge in [0, 0.05) is 49.5 Å². The fraction of sp³-hybridized carbons (Fsp3) is 0.158. The van der Waals surface area contributed by atoms with Gasteiger partial charge in [0.25, 0.3) is 0 Å². The lowest BCUT2D eigenvalue weighted by atomic mass is 10.1. The number of nitrogens with zero attached hydrogens (tertiary/aromatic N) is 4. The Labute approximate surface area is 141 Å². The van der Waals surface area contributed by atoms with Crippen molar-refractivity contribution in [3.8, 4) is 11.3 Å². The van der Waals surface area contributed by atoms with Gasteiger partial charge in [0.15, 0.2) is 0 Å². The van der Waals surface area contributed by atoms with Gasteiger partial charge < -0.3 is 10.1 Å². The average Bonchev–Trinajstić information content (AvgIpc) is 2.94. The normalized spacial score (nSPS) is 11.0. The molecule has 0 fully saturated rings. The van der Waals surface area contributed by atoms with Crippen LogP contribution in [0.4, 0.5) is 5.69 Å². The molecule has 0 amide bonds. The summed E-state index contributed by atoms with van der Waals surface area (Å²) in [6.45, 7) is 9.96. The molecule has 24 heavy (non-hydrogen) atoms. The Kier molecular flexibility index (Phi) is 4.72. The standard InChI is InChI=1S/C19H21N5/c1-3-11-23(12-4-2)14-17-19(15-7-9-21-10-8-15)22-18-6-5-16(20)13-24(17)18/h3-10,13H,1-2,11-12,14,20H2. The molecule has 0 aliphatic heterocycles. The van der Waals surface area contributed by atoms with Gasteiger partial charge in [-0.15, -0.1) is 13.2 Å². The SMILES string of the molecule is C=CCN(CC=C)Cc1c(-c2ccncc2)nc2ccc(N)cn12. The fourth-order valence-electron chi connectivity index (χ4n) is 2.78. The topological polar surface area (TPSA) is 59.5 Å². The molecule has 3 aromatic heterocycles. The molecule has 0 aromatic carbocycles. The van der Waals surface area contributed by atoms with Gasteiger partial charge in [0.1, 0.15) is 5.65 Å². The van der Waals surface area contributed by atoms with Crippen molar-refractivity contribution < 1.29 is 0 Å². The molecule has 0 atom stereocenters. The maximum atomic E-state index is 5.98. The number of pyridine rings is 2. The Morgan fingerprint density at radius 2 is 1.79 bits per heavy atom. The summed E-state index contributed by atoms with van der Waals surface area (Å²) in [6, 6.07) is 7.75. The molecule has 5 heteroatoms. The van der Waals surface area contributed by atoms with E-state index in [-0.39, 0.29) is 0 Å². The quantitative estimate of drug-likeness (QED) is 0.680. The Morgan fingerprint density at radius 1 is 1.08 bits per heavy atom. The van der Waals surface area contributed by atoms with Crippen molar-refractivity contribution >= 4 is 11.3 Å². The van der Waals surface area contributed by atoms with E-state index in [1.54, 1.807) is 12.4 Å². The lowest BCUT2D eigenvalue weighted by molar-refractivity contribution is 0.323. The van der Waals surface area contributed by atoms with Crippen molar-refractivity contribution in [2.24, 2.45) is 0 Å². The van der Waals surface area contributed by atoms with Gasteiger partial charge in [-0.1, -0.05) is 12.2 Å². The second-order valence-electron chi connectivity index (χ2n) is 5.61. The Bertz CT molecular complexity index is 841. The number of imidazole rings is 1. The first-order valence-electron chi connectivity index (χ1n) is 7.84. The molecular formula is C19H21N5. The molecule has 3 rings (SSSR count). The minimum atomic E-state index is 0.710. The summed E-state index contributed by atoms with van der Waals surface area (Å²) < 4.78 is 2.06. The highest BCUT2D eigenvalue weighted by Gasteiger charge is 2.16. The minimum Gasteiger partial charge on any atom is -0.398 e. The number of hydrogen-bond donors (Lipinski definition) is 1. The highest BCUT2D eigenvalue weighted by atomic mass is 15.1. The second-order valence-corrected chi connectivity index (χ2v) is 5.61. The van der Waals surface area contributed by atoms with Crippen LogP contribution in [-0.2, 0) is 6.54 Å². The number of aromatic nitrogens is 3. The van der Waals surface area contributed by atoms with Crippen LogP contribution in [0, 0.1) is 0 Å². The molecule has 2 N–H and O–H groups in total. The molecule has 3 aromatic rings. The van der Waals surface area contributed by atoms with Crippen molar-refractivity contribution in [3.05, 3.63) is 73.9 Å². The molecule has 0 bridgehead atoms. The molecule has 0 unspecified atom stereocenters. The molecular weight excluding hydrogens is 298 g/mol. The van der Waals surface area contributed by atoms with Crippen LogP contribution in [0.15, 0.2) is 68.2 Å². The molecule has 0 spiro atoms. The summed E-state index contributed by atoms with van der Waals surface area (Å²) >= 11 is 0. The van der Waals surface area contributed by atoms with Gasteiger partial charge in [-0.05, 0) is 24.3 Å². The third-order valence-corrected chi connectivity index (χ3v) is 3.84. The largest absolute Gasteiger partial charge is 0.398 e. The average molecular weight is 319 g/mol. The van der Waals surface area contributed by atoms with Crippen LogP contribution in [0.2, 0.25) is 0 Å². The summed E-state index contributed by atoms with van der Waals surface area (Å²) in [5.41, 5.74) is 10.6. The van der Waals surface area contributed by atoms with Gasteiger partial charge in [0.05, 0.1) is 11.4 Å². The molecule has 0 radical (unpaired) electrons. The molecule has 0 saturated heterocycles. The lowest BCUT2D eigenvalue weighted by Gasteiger charge is -2.19. The second kappa shape index (κ2) is 7.10. The first-order valence-corrected chi connectivity index (χ1v) is 7.84. The molecule has 122 valence electrons. The third kappa shape index (κ3) is 3.21. The maximum absolute atomic E-state index is 5.98. The number of rotatable bonds is 7. The first kappa shape index (κ1) is 16.0. The van der Waals surface area contributed by atoms with Crippen LogP contribution in [0.1, 0.15) is 5.69 Å². The van der Waals surface area contributed by atoms with E-state index in [0.717, 1.165) is 42.2 Å². The zero-order valence-corrected chi connectivity index (χ0v) is 13.6. The van der Waals surface area contributed by atoms with E-state index in [4.69, 9.17) is 10.7 Å². The number of anilines is 1. The van der Waals surface area contributed by atoms with E-state index >= 15 is 0 Å². The van der Waals surface area contributed by atoms with E-state index in [9.17, 15) is 0 Å². The Hall–Kier alpha value is -2.92. The molecule has 5 nitrogen and oxygen atoms in total. The van der Waals surface area contributed by atoms with Crippen LogP contribution >= 0.6 is 0 Å². The van der Waals surface area contributed by atoms with E-state index in [2.05, 4.69) is 27.4 Å². The lowest BCUT2D eigenvalue weighted by Crippen LogP contribution is -2.24. The molecule has 3 heterocycles. The summed E-state index contributed by atoms with van der Waals surface area (Å²) in [7, 11) is 0. The first-order chi connectivity index (χ1) is 11.7. The summed E-state index contributed by atoms with van der Waals surface area (Å²) in [6.07, 6.45) is 9.27. The minimum absolute atomic E-state index is 0.710. The zero-order chi connectivity index (χ0) is 16.9. The van der Waals surface area contributed by atoms with E-state index in [0.29, 0.717) is 5.69 Å². The van der Waals surface area contributed by atoms with Crippen LogP contribution in [0.25, 0.3) is 16.9 Å². The van der Waals surface area contributed by atoms with Gasteiger partial charge in [-0.25, -0.2) is 4.98 Å². The zero-order valence-electron chi connectivity index (χ0n) is 13.6. The molecule has 0 saturated carbocycles. The Morgan fingerprint density at radius 3 is 2.46 bits per heavy atom. The van der Waals surface area contributed by atoms with Gasteiger partial charge in [-0.2, -0.15) is 0 Å². The van der Waals surface area contributed by atoms with Gasteiger partial charge >= 0.3 is 0 Å². The van der Waals surface area contributed by atoms with Crippen molar-refractivity contribution in [2.45, 2.75) is 6.54 Å². The smallest absolute Gasteiger partial charge is 0.137 e. The van der Waals surface area contributed by atoms with E-state index < -0.39 is 0 Å². The monoisotopic (exact) mass is 319 g/mol. The van der Waals surface area contributed by atoms with Crippen LogP contribution in [0.5, 0.6) is 0 Å². The predicted octanol–water partition coefficient (Wildman–Crippen LogP) is 3.15. The highest BCUT2D eigenvalue weighted by molar-refractivity contribution is 5.67. The van der Waals surface area contributed by atoms with E-state index in [1.807, 2.05) is 42.6 Å². The van der Waals surface area contributed by atoms with Crippen LogP contribution < -0.4 is 5.73 Å². The summed E-state index contributed by atoms with van der Waals surface area (Å²) in [5, 5.41) is 0. The van der Waals surface area contributed by atoms with Crippen molar-refractivity contribution in [1.29, 1.82) is 0 Å². The van der Waals surface area contributed by atoms with Crippen LogP contribution in [0.3, 0.4) is 0 Å². The summed E-state index contributed by atoms with van der Waals surface area (Å²) in [5.74, 6) is 0. The van der Waals surface area contributed by atoms with Crippen molar-refractivity contribution in [3.63, 3.8) is 0 Å². The van der Waals surface area contributed by atoms with Gasteiger partial charge in [0.2, 0.25) is 0 Å². The summed E-state index contributed by atoms with van der Waals surface area (Å²) in [4.78, 5) is 11.1. The maximum Gasteiger partial charge on any atom is 0.137 e.